The fourth-order valence-corrected chi connectivity index (χ4v) is 0.759. The van der Waals surface area contributed by atoms with Gasteiger partial charge in [0, 0.05) is 0 Å². The lowest BCUT2D eigenvalue weighted by Gasteiger charge is -2.30. The monoisotopic (exact) mass is 117 g/mol. The van der Waals surface area contributed by atoms with Crippen molar-refractivity contribution in [1.29, 1.82) is 0 Å². The molecule has 0 spiro atoms. The Hall–Kier alpha value is -0.120. The Kier molecular flexibility index (Phi) is 1.51. The molecule has 3 nitrogen and oxygen atoms in total. The topological polar surface area (TPSA) is 21.3 Å². The Balaban J connectivity index is 2.33. The van der Waals surface area contributed by atoms with Crippen LogP contribution in [0.3, 0.4) is 0 Å². The van der Waals surface area contributed by atoms with E-state index in [1.54, 1.807) is 0 Å². The summed E-state index contributed by atoms with van der Waals surface area (Å²) in [7, 11) is 3.97. The molecular weight excluding hydrogens is 104 g/mol. The molecule has 48 valence electrons. The summed E-state index contributed by atoms with van der Waals surface area (Å²) in [6, 6.07) is 0. The number of quaternary nitrogens is 1. The molecule has 1 fully saturated rings. The lowest BCUT2D eigenvalue weighted by molar-refractivity contribution is -1.12. The van der Waals surface area contributed by atoms with Gasteiger partial charge >= 0.3 is 0 Å². The molecule has 0 amide bonds. The summed E-state index contributed by atoms with van der Waals surface area (Å²) in [6.07, 6.45) is 1.13. The minimum absolute atomic E-state index is 0.500. The highest BCUT2D eigenvalue weighted by Crippen LogP contribution is 1.99. The minimum Gasteiger partial charge on any atom is -0.183 e. The zero-order valence-electron chi connectivity index (χ0n) is 5.48. The van der Waals surface area contributed by atoms with Gasteiger partial charge in [-0.2, -0.15) is 4.84 Å². The number of hydrogen-bond donors (Lipinski definition) is 1. The van der Waals surface area contributed by atoms with Crippen LogP contribution in [0.25, 0.3) is 0 Å². The average Bonchev–Trinajstić information content (AvgIpc) is 1.65. The molecule has 1 saturated heterocycles. The van der Waals surface area contributed by atoms with Crippen molar-refractivity contribution in [1.82, 2.24) is 5.43 Å². The predicted molar refractivity (Wildman–Crippen MR) is 30.7 cm³/mol. The fraction of sp³-hybridized carbons (Fsp3) is 1.00. The molecule has 0 aromatic rings. The first-order valence-electron chi connectivity index (χ1n) is 2.94. The largest absolute Gasteiger partial charge is 0.183 e. The van der Waals surface area contributed by atoms with E-state index in [9.17, 15) is 0 Å². The van der Waals surface area contributed by atoms with Crippen molar-refractivity contribution in [3.8, 4) is 0 Å². The molecule has 3 heteroatoms. The van der Waals surface area contributed by atoms with Crippen molar-refractivity contribution in [3.63, 3.8) is 0 Å². The third-order valence-electron chi connectivity index (χ3n) is 1.23. The molecular formula is C5H13N2O+. The van der Waals surface area contributed by atoms with Crippen LogP contribution in [0.1, 0.15) is 6.42 Å². The smallest absolute Gasteiger partial charge is 0.118 e. The fourth-order valence-electron chi connectivity index (χ4n) is 0.759. The van der Waals surface area contributed by atoms with Gasteiger partial charge in [0.15, 0.2) is 0 Å². The van der Waals surface area contributed by atoms with Crippen LogP contribution in [-0.2, 0) is 4.84 Å². The molecule has 0 aliphatic carbocycles. The van der Waals surface area contributed by atoms with Crippen molar-refractivity contribution in [2.24, 2.45) is 0 Å². The van der Waals surface area contributed by atoms with Crippen LogP contribution in [0, 0.1) is 0 Å². The maximum atomic E-state index is 5.29. The van der Waals surface area contributed by atoms with Gasteiger partial charge in [0.25, 0.3) is 0 Å². The zero-order chi connectivity index (χ0) is 6.04. The van der Waals surface area contributed by atoms with Gasteiger partial charge in [-0.1, -0.05) is 0 Å². The number of hydrogen-bond acceptors (Lipinski definition) is 2. The van der Waals surface area contributed by atoms with Crippen molar-refractivity contribution in [2.45, 2.75) is 6.42 Å². The Morgan fingerprint density at radius 3 is 2.50 bits per heavy atom. The highest BCUT2D eigenvalue weighted by molar-refractivity contribution is 4.36. The first kappa shape index (κ1) is 6.01. The Morgan fingerprint density at radius 1 is 1.50 bits per heavy atom. The zero-order valence-corrected chi connectivity index (χ0v) is 5.48. The molecule has 1 heterocycles. The summed E-state index contributed by atoms with van der Waals surface area (Å²) in [6.45, 7) is 1.94. The second-order valence-electron chi connectivity index (χ2n) is 2.45. The van der Waals surface area contributed by atoms with Gasteiger partial charge in [0.1, 0.15) is 20.7 Å². The second kappa shape index (κ2) is 2.01. The first-order chi connectivity index (χ1) is 3.71. The van der Waals surface area contributed by atoms with Gasteiger partial charge in [-0.05, 0) is 6.42 Å². The number of rotatable bonds is 0. The number of nitrogens with one attached hydrogen (secondary N) is 1. The summed E-state index contributed by atoms with van der Waals surface area (Å²) in [5.41, 5.74) is 3.17. The quantitative estimate of drug-likeness (QED) is 0.447. The predicted octanol–water partition coefficient (Wildman–Crippen LogP) is -0.0973. The molecule has 0 atom stereocenters. The third-order valence-corrected chi connectivity index (χ3v) is 1.23. The SMILES string of the molecule is C[N+]1(C)NCCCO1. The summed E-state index contributed by atoms with van der Waals surface area (Å²) in [5.74, 6) is 0. The van der Waals surface area contributed by atoms with E-state index in [2.05, 4.69) is 5.43 Å². The molecule has 1 aliphatic rings. The van der Waals surface area contributed by atoms with E-state index in [4.69, 9.17) is 4.84 Å². The molecule has 0 aromatic heterocycles. The van der Waals surface area contributed by atoms with Crippen LogP contribution in [0.2, 0.25) is 0 Å². The highest BCUT2D eigenvalue weighted by atomic mass is 16.7. The van der Waals surface area contributed by atoms with E-state index in [0.717, 1.165) is 19.6 Å². The Morgan fingerprint density at radius 2 is 2.25 bits per heavy atom. The first-order valence-corrected chi connectivity index (χ1v) is 2.94. The van der Waals surface area contributed by atoms with E-state index in [1.807, 2.05) is 14.1 Å². The average molecular weight is 117 g/mol. The summed E-state index contributed by atoms with van der Waals surface area (Å²) >= 11 is 0. The molecule has 8 heavy (non-hydrogen) atoms. The van der Waals surface area contributed by atoms with Crippen molar-refractivity contribution >= 4 is 0 Å². The number of nitrogens with zero attached hydrogens (tertiary/aromatic N) is 1. The molecule has 0 unspecified atom stereocenters. The lowest BCUT2D eigenvalue weighted by atomic mass is 10.4. The summed E-state index contributed by atoms with van der Waals surface area (Å²) < 4.78 is 0.500. The van der Waals surface area contributed by atoms with Crippen LogP contribution < -0.4 is 5.43 Å². The normalized spacial score (nSPS) is 27.8. The van der Waals surface area contributed by atoms with E-state index in [0.29, 0.717) is 4.76 Å². The van der Waals surface area contributed by atoms with Gasteiger partial charge in [0.05, 0.1) is 6.54 Å². The highest BCUT2D eigenvalue weighted by Gasteiger charge is 2.19. The molecule has 1 aliphatic heterocycles. The second-order valence-corrected chi connectivity index (χ2v) is 2.45. The van der Waals surface area contributed by atoms with E-state index >= 15 is 0 Å². The third kappa shape index (κ3) is 1.43. The Bertz CT molecular complexity index is 74.5. The van der Waals surface area contributed by atoms with Gasteiger partial charge in [-0.15, -0.1) is 10.2 Å². The van der Waals surface area contributed by atoms with Gasteiger partial charge < -0.3 is 0 Å². The minimum atomic E-state index is 0.500. The van der Waals surface area contributed by atoms with Crippen molar-refractivity contribution in [3.05, 3.63) is 0 Å². The summed E-state index contributed by atoms with van der Waals surface area (Å²) in [4.78, 5) is 5.29. The van der Waals surface area contributed by atoms with E-state index in [1.165, 1.54) is 0 Å². The summed E-state index contributed by atoms with van der Waals surface area (Å²) in [5, 5.41) is 0. The van der Waals surface area contributed by atoms with Crippen molar-refractivity contribution in [2.75, 3.05) is 27.2 Å². The number of hydroxylamine groups is 2. The standard InChI is InChI=1S/C5H13N2O/c1-7(2)6-4-3-5-8-7/h6H,3-5H2,1-2H3/q+1. The maximum Gasteiger partial charge on any atom is 0.118 e. The molecule has 0 saturated carbocycles. The van der Waals surface area contributed by atoms with Crippen molar-refractivity contribution < 1.29 is 9.59 Å². The van der Waals surface area contributed by atoms with Gasteiger partial charge in [0.2, 0.25) is 0 Å². The van der Waals surface area contributed by atoms with Crippen LogP contribution in [0.5, 0.6) is 0 Å². The van der Waals surface area contributed by atoms with Gasteiger partial charge in [-0.3, -0.25) is 0 Å². The van der Waals surface area contributed by atoms with E-state index in [-0.39, 0.29) is 0 Å². The lowest BCUT2D eigenvalue weighted by Crippen LogP contribution is -2.55. The van der Waals surface area contributed by atoms with Crippen LogP contribution in [-0.4, -0.2) is 32.0 Å². The maximum absolute atomic E-state index is 5.29. The van der Waals surface area contributed by atoms with Crippen LogP contribution >= 0.6 is 0 Å². The van der Waals surface area contributed by atoms with Crippen LogP contribution in [0.4, 0.5) is 0 Å². The van der Waals surface area contributed by atoms with E-state index < -0.39 is 0 Å². The van der Waals surface area contributed by atoms with Gasteiger partial charge in [-0.25, -0.2) is 0 Å². The molecule has 0 radical (unpaired) electrons. The molecule has 0 bridgehead atoms. The molecule has 1 rings (SSSR count). The molecule has 1 N–H and O–H groups in total. The Labute approximate surface area is 49.8 Å². The molecule has 0 aromatic carbocycles. The van der Waals surface area contributed by atoms with Crippen LogP contribution in [0.15, 0.2) is 0 Å².